The van der Waals surface area contributed by atoms with Gasteiger partial charge >= 0.3 is 6.16 Å². The van der Waals surface area contributed by atoms with Gasteiger partial charge in [-0.15, -0.1) is 0 Å². The fourth-order valence-corrected chi connectivity index (χ4v) is 5.02. The molecule has 5 rings (SSSR count). The third kappa shape index (κ3) is 3.15. The van der Waals surface area contributed by atoms with E-state index >= 15 is 4.39 Å². The highest BCUT2D eigenvalue weighted by atomic mass is 19.1. The van der Waals surface area contributed by atoms with Crippen LogP contribution in [0.1, 0.15) is 25.3 Å². The summed E-state index contributed by atoms with van der Waals surface area (Å²) in [6.07, 6.45) is 7.07. The molecule has 1 aromatic heterocycles. The molecule has 3 unspecified atom stereocenters. The van der Waals surface area contributed by atoms with Gasteiger partial charge in [0.05, 0.1) is 22.8 Å². The fourth-order valence-electron chi connectivity index (χ4n) is 5.02. The summed E-state index contributed by atoms with van der Waals surface area (Å²) < 4.78 is 21.7. The van der Waals surface area contributed by atoms with Crippen molar-refractivity contribution in [2.45, 2.75) is 25.3 Å². The smallest absolute Gasteiger partial charge is 0.449 e. The first-order valence-electron chi connectivity index (χ1n) is 10.4. The van der Waals surface area contributed by atoms with E-state index in [0.29, 0.717) is 42.0 Å². The van der Waals surface area contributed by atoms with Crippen LogP contribution in [0.15, 0.2) is 35.3 Å². The Morgan fingerprint density at radius 3 is 2.80 bits per heavy atom. The van der Waals surface area contributed by atoms with Gasteiger partial charge in [0.15, 0.2) is 5.75 Å². The highest BCUT2D eigenvalue weighted by molar-refractivity contribution is 5.85. The topological polar surface area (TPSA) is 97.8 Å². The summed E-state index contributed by atoms with van der Waals surface area (Å²) in [6, 6.07) is 3.11. The number of aromatic nitrogens is 1. The van der Waals surface area contributed by atoms with Crippen molar-refractivity contribution in [3.63, 3.8) is 0 Å². The predicted molar refractivity (Wildman–Crippen MR) is 111 cm³/mol. The number of rotatable bonds is 4. The Morgan fingerprint density at radius 1 is 1.30 bits per heavy atom. The molecule has 0 spiro atoms. The fraction of sp³-hybridized carbons (Fsp3) is 0.455. The van der Waals surface area contributed by atoms with Crippen molar-refractivity contribution in [2.24, 2.45) is 23.5 Å². The second kappa shape index (κ2) is 7.12. The van der Waals surface area contributed by atoms with Crippen molar-refractivity contribution in [1.82, 2.24) is 4.57 Å². The zero-order chi connectivity index (χ0) is 21.0. The molecule has 2 fully saturated rings. The minimum atomic E-state index is -1.56. The van der Waals surface area contributed by atoms with Crippen LogP contribution in [0.2, 0.25) is 0 Å². The molecule has 7 nitrogen and oxygen atoms in total. The van der Waals surface area contributed by atoms with Crippen molar-refractivity contribution in [2.75, 3.05) is 24.5 Å². The van der Waals surface area contributed by atoms with E-state index in [-0.39, 0.29) is 17.2 Å². The van der Waals surface area contributed by atoms with Gasteiger partial charge in [-0.3, -0.25) is 4.79 Å². The first kappa shape index (κ1) is 19.1. The lowest BCUT2D eigenvalue weighted by atomic mass is 9.78. The van der Waals surface area contributed by atoms with Crippen LogP contribution in [0.25, 0.3) is 10.9 Å². The number of anilines is 1. The number of fused-ring (bicyclic) bond motifs is 2. The van der Waals surface area contributed by atoms with Gasteiger partial charge in [-0.1, -0.05) is 12.2 Å². The summed E-state index contributed by atoms with van der Waals surface area (Å²) in [5.41, 5.74) is 6.42. The summed E-state index contributed by atoms with van der Waals surface area (Å²) >= 11 is 0. The first-order chi connectivity index (χ1) is 14.5. The molecule has 2 aliphatic carbocycles. The summed E-state index contributed by atoms with van der Waals surface area (Å²) in [5, 5.41) is 9.07. The second-order valence-electron chi connectivity index (χ2n) is 8.54. The monoisotopic (exact) mass is 413 g/mol. The molecule has 3 atom stereocenters. The van der Waals surface area contributed by atoms with Crippen molar-refractivity contribution in [1.29, 1.82) is 0 Å². The molecular weight excluding hydrogens is 389 g/mol. The molecule has 1 aromatic carbocycles. The molecule has 1 saturated carbocycles. The van der Waals surface area contributed by atoms with E-state index in [2.05, 4.69) is 16.9 Å². The Hall–Kier alpha value is -2.87. The number of halogens is 1. The minimum absolute atomic E-state index is 0.137. The Labute approximate surface area is 172 Å². The Morgan fingerprint density at radius 2 is 2.10 bits per heavy atom. The van der Waals surface area contributed by atoms with Crippen molar-refractivity contribution in [3.8, 4) is 5.75 Å². The van der Waals surface area contributed by atoms with E-state index in [1.807, 2.05) is 9.47 Å². The van der Waals surface area contributed by atoms with E-state index < -0.39 is 17.4 Å². The quantitative estimate of drug-likeness (QED) is 0.590. The van der Waals surface area contributed by atoms with Gasteiger partial charge in [-0.25, -0.2) is 9.18 Å². The zero-order valence-corrected chi connectivity index (χ0v) is 16.5. The number of nitrogens with zero attached hydrogens (tertiary/aromatic N) is 2. The largest absolute Gasteiger partial charge is 0.511 e. The summed E-state index contributed by atoms with van der Waals surface area (Å²) in [7, 11) is 0. The SMILES string of the molecule is NCC1CC=CC2CN(c3cc4c(cc3F)c(=O)c(OC(=O)O)cn4C3CC3)CC21. The maximum atomic E-state index is 15.2. The molecule has 0 bridgehead atoms. The van der Waals surface area contributed by atoms with Crippen LogP contribution in [-0.2, 0) is 0 Å². The van der Waals surface area contributed by atoms with Crippen molar-refractivity contribution >= 4 is 22.7 Å². The van der Waals surface area contributed by atoms with Crippen LogP contribution < -0.4 is 20.8 Å². The van der Waals surface area contributed by atoms with E-state index in [1.54, 1.807) is 6.07 Å². The van der Waals surface area contributed by atoms with E-state index in [4.69, 9.17) is 10.8 Å². The number of pyridine rings is 1. The molecule has 2 aromatic rings. The second-order valence-corrected chi connectivity index (χ2v) is 8.54. The van der Waals surface area contributed by atoms with E-state index in [0.717, 1.165) is 25.8 Å². The van der Waals surface area contributed by atoms with Crippen molar-refractivity contribution < 1.29 is 19.0 Å². The van der Waals surface area contributed by atoms with Gasteiger partial charge in [-0.05, 0) is 55.7 Å². The Bertz CT molecular complexity index is 1110. The third-order valence-electron chi connectivity index (χ3n) is 6.69. The van der Waals surface area contributed by atoms with Crippen LogP contribution in [0.3, 0.4) is 0 Å². The number of nitrogens with two attached hydrogens (primary N) is 1. The summed E-state index contributed by atoms with van der Waals surface area (Å²) in [4.78, 5) is 25.7. The van der Waals surface area contributed by atoms with Gasteiger partial charge in [0.25, 0.3) is 0 Å². The highest BCUT2D eigenvalue weighted by Crippen LogP contribution is 2.41. The normalized spacial score (nSPS) is 25.5. The third-order valence-corrected chi connectivity index (χ3v) is 6.69. The summed E-state index contributed by atoms with van der Waals surface area (Å²) in [5.74, 6) is 0.360. The molecular formula is C22H24FN3O4. The molecule has 158 valence electrons. The molecule has 30 heavy (non-hydrogen) atoms. The standard InChI is InChI=1S/C22H24FN3O4/c23-17-6-15-18(26(14-4-5-14)11-20(21(15)27)30-22(28)29)7-19(17)25-9-13-3-1-2-12(8-24)16(13)10-25/h1,3,6-7,11-14,16H,2,4-5,8-10,24H2,(H,28,29). The maximum absolute atomic E-state index is 15.2. The van der Waals surface area contributed by atoms with Crippen LogP contribution in [0.4, 0.5) is 14.9 Å². The number of carbonyl (C=O) groups is 1. The Kier molecular flexibility index (Phi) is 4.54. The molecule has 3 N–H and O–H groups in total. The number of carboxylic acid groups (broad SMARTS) is 1. The van der Waals surface area contributed by atoms with Gasteiger partial charge in [0.1, 0.15) is 5.82 Å². The Balaban J connectivity index is 1.59. The number of hydrogen-bond donors (Lipinski definition) is 2. The number of benzene rings is 1. The van der Waals surface area contributed by atoms with Gasteiger partial charge in [-0.2, -0.15) is 0 Å². The van der Waals surface area contributed by atoms with Gasteiger partial charge < -0.3 is 25.0 Å². The van der Waals surface area contributed by atoms with Gasteiger partial charge in [0, 0.05) is 19.1 Å². The molecule has 3 aliphatic rings. The average Bonchev–Trinajstić information content (AvgIpc) is 3.47. The van der Waals surface area contributed by atoms with Gasteiger partial charge in [0.2, 0.25) is 5.43 Å². The van der Waals surface area contributed by atoms with E-state index in [9.17, 15) is 9.59 Å². The molecule has 8 heteroatoms. The molecule has 0 amide bonds. The zero-order valence-electron chi connectivity index (χ0n) is 16.5. The average molecular weight is 413 g/mol. The first-order valence-corrected chi connectivity index (χ1v) is 10.4. The number of allylic oxidation sites excluding steroid dienone is 1. The minimum Gasteiger partial charge on any atom is -0.449 e. The maximum Gasteiger partial charge on any atom is 0.511 e. The highest BCUT2D eigenvalue weighted by Gasteiger charge is 2.38. The molecule has 2 heterocycles. The van der Waals surface area contributed by atoms with Crippen molar-refractivity contribution in [3.05, 3.63) is 46.5 Å². The molecule has 1 aliphatic heterocycles. The number of ether oxygens (including phenoxy) is 1. The summed E-state index contributed by atoms with van der Waals surface area (Å²) in [6.45, 7) is 2.06. The van der Waals surface area contributed by atoms with E-state index in [1.165, 1.54) is 12.3 Å². The van der Waals surface area contributed by atoms with Crippen LogP contribution >= 0.6 is 0 Å². The number of hydrogen-bond acceptors (Lipinski definition) is 5. The molecule has 1 saturated heterocycles. The lowest BCUT2D eigenvalue weighted by Gasteiger charge is -2.27. The van der Waals surface area contributed by atoms with Crippen LogP contribution in [-0.4, -0.2) is 35.5 Å². The molecule has 0 radical (unpaired) electrons. The predicted octanol–water partition coefficient (Wildman–Crippen LogP) is 3.12. The lowest BCUT2D eigenvalue weighted by Crippen LogP contribution is -2.30. The lowest BCUT2D eigenvalue weighted by molar-refractivity contribution is 0.143. The van der Waals surface area contributed by atoms with Crippen LogP contribution in [0, 0.1) is 23.6 Å². The van der Waals surface area contributed by atoms with Crippen LogP contribution in [0.5, 0.6) is 5.75 Å².